The van der Waals surface area contributed by atoms with Crippen molar-refractivity contribution in [3.05, 3.63) is 59.2 Å². The molecule has 1 N–H and O–H groups in total. The van der Waals surface area contributed by atoms with E-state index in [0.717, 1.165) is 0 Å². The van der Waals surface area contributed by atoms with Crippen molar-refractivity contribution in [2.24, 2.45) is 7.05 Å². The molecule has 0 unspecified atom stereocenters. The van der Waals surface area contributed by atoms with E-state index in [-0.39, 0.29) is 18.0 Å². The second-order valence-electron chi connectivity index (χ2n) is 5.63. The summed E-state index contributed by atoms with van der Waals surface area (Å²) in [5.74, 6) is 0.912. The number of hydrogen-bond acceptors (Lipinski definition) is 8. The van der Waals surface area contributed by atoms with Crippen LogP contribution in [0, 0.1) is 0 Å². The van der Waals surface area contributed by atoms with Crippen LogP contribution in [-0.4, -0.2) is 44.3 Å². The highest BCUT2D eigenvalue weighted by Gasteiger charge is 2.12. The number of methoxy groups -OCH3 is 1. The molecule has 3 aromatic rings. The van der Waals surface area contributed by atoms with Gasteiger partial charge in [0.05, 0.1) is 18.5 Å². The first-order chi connectivity index (χ1) is 13.6. The van der Waals surface area contributed by atoms with Gasteiger partial charge in [0, 0.05) is 38.5 Å². The molecule has 0 aliphatic heterocycles. The SMILES string of the molecule is COc1cccnc1OC(=O)NCCc1nc(-c2ccncn2)cc(=O)n1C. The van der Waals surface area contributed by atoms with Crippen LogP contribution in [0.5, 0.6) is 11.6 Å². The van der Waals surface area contributed by atoms with Gasteiger partial charge in [0.25, 0.3) is 11.4 Å². The maximum Gasteiger partial charge on any atom is 0.414 e. The van der Waals surface area contributed by atoms with Gasteiger partial charge in [0.2, 0.25) is 0 Å². The summed E-state index contributed by atoms with van der Waals surface area (Å²) >= 11 is 0. The summed E-state index contributed by atoms with van der Waals surface area (Å²) in [4.78, 5) is 40.5. The molecule has 144 valence electrons. The Morgan fingerprint density at radius 1 is 1.21 bits per heavy atom. The van der Waals surface area contributed by atoms with E-state index in [4.69, 9.17) is 9.47 Å². The number of nitrogens with zero attached hydrogens (tertiary/aromatic N) is 5. The van der Waals surface area contributed by atoms with Crippen LogP contribution >= 0.6 is 0 Å². The van der Waals surface area contributed by atoms with Gasteiger partial charge in [0.15, 0.2) is 5.75 Å². The van der Waals surface area contributed by atoms with Crippen molar-refractivity contribution in [2.45, 2.75) is 6.42 Å². The molecule has 0 radical (unpaired) electrons. The van der Waals surface area contributed by atoms with Gasteiger partial charge in [0.1, 0.15) is 12.2 Å². The van der Waals surface area contributed by atoms with Crippen LogP contribution < -0.4 is 20.3 Å². The Hall–Kier alpha value is -3.82. The Kier molecular flexibility index (Phi) is 5.90. The zero-order valence-corrected chi connectivity index (χ0v) is 15.3. The predicted molar refractivity (Wildman–Crippen MR) is 99.0 cm³/mol. The number of nitrogens with one attached hydrogen (secondary N) is 1. The second kappa shape index (κ2) is 8.71. The quantitative estimate of drug-likeness (QED) is 0.669. The number of hydrogen-bond donors (Lipinski definition) is 1. The topological polar surface area (TPSA) is 121 Å². The molecule has 28 heavy (non-hydrogen) atoms. The first kappa shape index (κ1) is 19.0. The van der Waals surface area contributed by atoms with Crippen LogP contribution in [0.4, 0.5) is 4.79 Å². The third-order valence-electron chi connectivity index (χ3n) is 3.84. The number of aromatic nitrogens is 5. The molecule has 0 aliphatic rings. The Labute approximate surface area is 160 Å². The number of carbonyl (C=O) groups excluding carboxylic acids is 1. The minimum Gasteiger partial charge on any atom is -0.491 e. The van der Waals surface area contributed by atoms with Crippen LogP contribution in [0.25, 0.3) is 11.4 Å². The summed E-state index contributed by atoms with van der Waals surface area (Å²) in [5, 5.41) is 2.60. The van der Waals surface area contributed by atoms with Crippen molar-refractivity contribution in [2.75, 3.05) is 13.7 Å². The molecule has 1 amide bonds. The smallest absolute Gasteiger partial charge is 0.414 e. The highest BCUT2D eigenvalue weighted by atomic mass is 16.6. The molecule has 3 rings (SSSR count). The minimum absolute atomic E-state index is 0.0683. The maximum absolute atomic E-state index is 12.2. The third-order valence-corrected chi connectivity index (χ3v) is 3.84. The molecular formula is C18H18N6O4. The lowest BCUT2D eigenvalue weighted by Gasteiger charge is -2.11. The van der Waals surface area contributed by atoms with Crippen LogP contribution in [0.3, 0.4) is 0 Å². The molecule has 10 nitrogen and oxygen atoms in total. The number of rotatable bonds is 6. The standard InChI is InChI=1S/C18H18N6O4/c1-24-15(23-13(10-16(24)25)12-5-8-19-11-22-12)6-9-21-18(26)28-17-14(27-2)4-3-7-20-17/h3-5,7-8,10-11H,6,9H2,1-2H3,(H,21,26). The third kappa shape index (κ3) is 4.47. The van der Waals surface area contributed by atoms with Gasteiger partial charge < -0.3 is 14.8 Å². The molecule has 3 heterocycles. The van der Waals surface area contributed by atoms with E-state index >= 15 is 0 Å². The summed E-state index contributed by atoms with van der Waals surface area (Å²) in [6.45, 7) is 0.210. The normalized spacial score (nSPS) is 10.4. The summed E-state index contributed by atoms with van der Waals surface area (Å²) < 4.78 is 11.6. The zero-order valence-electron chi connectivity index (χ0n) is 15.3. The molecule has 0 saturated heterocycles. The average molecular weight is 382 g/mol. The Bertz CT molecular complexity index is 1020. The number of ether oxygens (including phenoxy) is 2. The molecule has 0 fully saturated rings. The van der Waals surface area contributed by atoms with E-state index in [2.05, 4.69) is 25.3 Å². The van der Waals surface area contributed by atoms with Crippen molar-refractivity contribution in [1.29, 1.82) is 0 Å². The lowest BCUT2D eigenvalue weighted by molar-refractivity contribution is 0.196. The van der Waals surface area contributed by atoms with E-state index in [0.29, 0.717) is 29.4 Å². The molecule has 3 aromatic heterocycles. The summed E-state index contributed by atoms with van der Waals surface area (Å²) in [6.07, 6.45) is 4.08. The fraction of sp³-hybridized carbons (Fsp3) is 0.222. The second-order valence-corrected chi connectivity index (χ2v) is 5.63. The van der Waals surface area contributed by atoms with Crippen molar-refractivity contribution < 1.29 is 14.3 Å². The van der Waals surface area contributed by atoms with E-state index in [1.807, 2.05) is 0 Å². The molecule has 0 aliphatic carbocycles. The van der Waals surface area contributed by atoms with Gasteiger partial charge in [-0.2, -0.15) is 0 Å². The van der Waals surface area contributed by atoms with E-state index in [1.165, 1.54) is 30.3 Å². The molecular weight excluding hydrogens is 364 g/mol. The van der Waals surface area contributed by atoms with Crippen LogP contribution in [-0.2, 0) is 13.5 Å². The largest absolute Gasteiger partial charge is 0.491 e. The lowest BCUT2D eigenvalue weighted by Crippen LogP contribution is -2.31. The zero-order chi connectivity index (χ0) is 19.9. The Balaban J connectivity index is 1.65. The summed E-state index contributed by atoms with van der Waals surface area (Å²) in [7, 11) is 3.07. The highest BCUT2D eigenvalue weighted by Crippen LogP contribution is 2.22. The molecule has 0 saturated carbocycles. The number of pyridine rings is 1. The monoisotopic (exact) mass is 382 g/mol. The molecule has 0 bridgehead atoms. The maximum atomic E-state index is 12.2. The highest BCUT2D eigenvalue weighted by molar-refractivity contribution is 5.70. The molecule has 0 aromatic carbocycles. The van der Waals surface area contributed by atoms with E-state index < -0.39 is 6.09 Å². The lowest BCUT2D eigenvalue weighted by atomic mass is 10.2. The Morgan fingerprint density at radius 2 is 2.07 bits per heavy atom. The van der Waals surface area contributed by atoms with Gasteiger partial charge in [-0.3, -0.25) is 9.36 Å². The van der Waals surface area contributed by atoms with Crippen molar-refractivity contribution in [3.8, 4) is 23.0 Å². The summed E-state index contributed by atoms with van der Waals surface area (Å²) in [5.41, 5.74) is 0.768. The first-order valence-corrected chi connectivity index (χ1v) is 8.36. The van der Waals surface area contributed by atoms with Crippen molar-refractivity contribution >= 4 is 6.09 Å². The number of carbonyl (C=O) groups is 1. The first-order valence-electron chi connectivity index (χ1n) is 8.36. The van der Waals surface area contributed by atoms with Gasteiger partial charge in [-0.15, -0.1) is 0 Å². The van der Waals surface area contributed by atoms with Gasteiger partial charge >= 0.3 is 6.09 Å². The Morgan fingerprint density at radius 3 is 2.82 bits per heavy atom. The van der Waals surface area contributed by atoms with Gasteiger partial charge in [-0.25, -0.2) is 24.7 Å². The minimum atomic E-state index is -0.686. The molecule has 0 spiro atoms. The van der Waals surface area contributed by atoms with E-state index in [9.17, 15) is 9.59 Å². The average Bonchev–Trinajstić information content (AvgIpc) is 2.72. The fourth-order valence-corrected chi connectivity index (χ4v) is 2.39. The van der Waals surface area contributed by atoms with Gasteiger partial charge in [-0.05, 0) is 18.2 Å². The van der Waals surface area contributed by atoms with Crippen molar-refractivity contribution in [1.82, 2.24) is 29.8 Å². The van der Waals surface area contributed by atoms with Crippen LogP contribution in [0.15, 0.2) is 47.8 Å². The predicted octanol–water partition coefficient (Wildman–Crippen LogP) is 0.972. The fourth-order valence-electron chi connectivity index (χ4n) is 2.39. The number of amides is 1. The molecule has 10 heteroatoms. The van der Waals surface area contributed by atoms with Crippen LogP contribution in [0.1, 0.15) is 5.82 Å². The van der Waals surface area contributed by atoms with Crippen LogP contribution in [0.2, 0.25) is 0 Å². The van der Waals surface area contributed by atoms with Gasteiger partial charge in [-0.1, -0.05) is 0 Å². The molecule has 0 atom stereocenters. The van der Waals surface area contributed by atoms with Crippen molar-refractivity contribution in [3.63, 3.8) is 0 Å². The van der Waals surface area contributed by atoms with E-state index in [1.54, 1.807) is 31.4 Å². The summed E-state index contributed by atoms with van der Waals surface area (Å²) in [6, 6.07) is 6.37.